The zero-order chi connectivity index (χ0) is 24.7. The van der Waals surface area contributed by atoms with Gasteiger partial charge in [0, 0.05) is 45.7 Å². The Morgan fingerprint density at radius 3 is 2.69 bits per heavy atom. The fourth-order valence-corrected chi connectivity index (χ4v) is 5.69. The molecular formula is C26H30N6O2S. The van der Waals surface area contributed by atoms with Crippen molar-refractivity contribution in [1.82, 2.24) is 20.2 Å². The van der Waals surface area contributed by atoms with E-state index in [9.17, 15) is 9.59 Å². The van der Waals surface area contributed by atoms with Gasteiger partial charge in [0.25, 0.3) is 11.8 Å². The van der Waals surface area contributed by atoms with E-state index >= 15 is 0 Å². The molecule has 0 spiro atoms. The number of thiazole rings is 1. The smallest absolute Gasteiger partial charge is 0.251 e. The minimum Gasteiger partial charge on any atom is -0.366 e. The molecule has 1 aliphatic rings. The van der Waals surface area contributed by atoms with Crippen LogP contribution >= 0.6 is 11.3 Å². The van der Waals surface area contributed by atoms with Crippen LogP contribution in [0.2, 0.25) is 0 Å². The Kier molecular flexibility index (Phi) is 6.21. The van der Waals surface area contributed by atoms with Gasteiger partial charge in [-0.2, -0.15) is 0 Å². The summed E-state index contributed by atoms with van der Waals surface area (Å²) < 4.78 is 0. The van der Waals surface area contributed by atoms with E-state index in [1.807, 2.05) is 30.5 Å². The van der Waals surface area contributed by atoms with Gasteiger partial charge in [0.15, 0.2) is 5.13 Å². The first-order valence-electron chi connectivity index (χ1n) is 11.9. The lowest BCUT2D eigenvalue weighted by Crippen LogP contribution is -2.43. The molecule has 1 fully saturated rings. The SMILES string of the molecule is CC(C)Nc1ncc(-c2ccc(C(N)=O)c3[nH]c4cc(C(=O)NC5CCN(C)CC5)ccc4c23)s1. The van der Waals surface area contributed by atoms with E-state index < -0.39 is 5.91 Å². The fraction of sp³-hybridized carbons (Fsp3) is 0.346. The molecule has 182 valence electrons. The number of hydrogen-bond acceptors (Lipinski definition) is 6. The van der Waals surface area contributed by atoms with Crippen LogP contribution in [0.5, 0.6) is 0 Å². The van der Waals surface area contributed by atoms with E-state index in [1.54, 1.807) is 17.4 Å². The number of piperidine rings is 1. The molecule has 0 radical (unpaired) electrons. The van der Waals surface area contributed by atoms with Crippen LogP contribution in [0.3, 0.4) is 0 Å². The molecule has 1 saturated heterocycles. The van der Waals surface area contributed by atoms with E-state index in [1.165, 1.54) is 0 Å². The molecule has 3 heterocycles. The standard InChI is InChI=1S/C26H30N6O2S/c1-14(2)29-26-28-13-21(35-26)18-6-7-19(24(27)33)23-22(18)17-5-4-15(12-20(17)31-23)25(34)30-16-8-10-32(3)11-9-16/h4-7,12-14,16,31H,8-11H2,1-3H3,(H2,27,33)(H,28,29)(H,30,34). The van der Waals surface area contributed by atoms with Crippen LogP contribution < -0.4 is 16.4 Å². The lowest BCUT2D eigenvalue weighted by Gasteiger charge is -2.29. The molecule has 0 atom stereocenters. The van der Waals surface area contributed by atoms with E-state index in [0.717, 1.165) is 57.8 Å². The summed E-state index contributed by atoms with van der Waals surface area (Å²) >= 11 is 1.56. The monoisotopic (exact) mass is 490 g/mol. The summed E-state index contributed by atoms with van der Waals surface area (Å²) in [5.41, 5.74) is 9.13. The highest BCUT2D eigenvalue weighted by molar-refractivity contribution is 7.19. The first-order chi connectivity index (χ1) is 16.8. The summed E-state index contributed by atoms with van der Waals surface area (Å²) in [5.74, 6) is -0.581. The molecule has 0 aliphatic carbocycles. The van der Waals surface area contributed by atoms with Crippen molar-refractivity contribution in [2.75, 3.05) is 25.5 Å². The fourth-order valence-electron chi connectivity index (χ4n) is 4.70. The van der Waals surface area contributed by atoms with Gasteiger partial charge in [-0.05, 0) is 65.0 Å². The summed E-state index contributed by atoms with van der Waals surface area (Å²) in [7, 11) is 2.10. The van der Waals surface area contributed by atoms with Gasteiger partial charge in [-0.15, -0.1) is 0 Å². The first-order valence-corrected chi connectivity index (χ1v) is 12.7. The van der Waals surface area contributed by atoms with E-state index in [0.29, 0.717) is 16.6 Å². The number of hydrogen-bond donors (Lipinski definition) is 4. The van der Waals surface area contributed by atoms with E-state index in [4.69, 9.17) is 5.73 Å². The van der Waals surface area contributed by atoms with Crippen molar-refractivity contribution in [2.24, 2.45) is 5.73 Å². The number of aromatic nitrogens is 2. The molecule has 2 amide bonds. The molecule has 35 heavy (non-hydrogen) atoms. The number of H-pyrrole nitrogens is 1. The number of primary amides is 1. The maximum atomic E-state index is 13.0. The molecule has 4 aromatic rings. The van der Waals surface area contributed by atoms with Crippen LogP contribution in [0.4, 0.5) is 5.13 Å². The number of aromatic amines is 1. The Bertz CT molecular complexity index is 1410. The first kappa shape index (κ1) is 23.3. The average molecular weight is 491 g/mol. The summed E-state index contributed by atoms with van der Waals surface area (Å²) in [5, 5.41) is 9.18. The second-order valence-corrected chi connectivity index (χ2v) is 10.6. The van der Waals surface area contributed by atoms with Crippen molar-refractivity contribution in [3.8, 4) is 10.4 Å². The maximum Gasteiger partial charge on any atom is 0.251 e. The second-order valence-electron chi connectivity index (χ2n) is 9.54. The van der Waals surface area contributed by atoms with Crippen LogP contribution in [-0.4, -0.2) is 58.9 Å². The van der Waals surface area contributed by atoms with Crippen LogP contribution in [0.15, 0.2) is 36.5 Å². The predicted octanol–water partition coefficient (Wildman–Crippen LogP) is 4.19. The highest BCUT2D eigenvalue weighted by Gasteiger charge is 2.21. The van der Waals surface area contributed by atoms with E-state index in [2.05, 4.69) is 46.4 Å². The number of likely N-dealkylation sites (tertiary alicyclic amines) is 1. The molecule has 9 heteroatoms. The maximum absolute atomic E-state index is 13.0. The van der Waals surface area contributed by atoms with Crippen molar-refractivity contribution in [1.29, 1.82) is 0 Å². The number of carbonyl (C=O) groups is 2. The molecule has 0 unspecified atom stereocenters. The largest absolute Gasteiger partial charge is 0.366 e. The number of rotatable bonds is 6. The number of carbonyl (C=O) groups excluding carboxylic acids is 2. The lowest BCUT2D eigenvalue weighted by atomic mass is 10.0. The molecule has 2 aromatic heterocycles. The number of anilines is 1. The Morgan fingerprint density at radius 1 is 1.20 bits per heavy atom. The van der Waals surface area contributed by atoms with Gasteiger partial charge in [0.05, 0.1) is 16.0 Å². The Hall–Kier alpha value is -3.43. The van der Waals surface area contributed by atoms with Gasteiger partial charge in [-0.3, -0.25) is 9.59 Å². The van der Waals surface area contributed by atoms with Crippen molar-refractivity contribution < 1.29 is 9.59 Å². The Morgan fingerprint density at radius 2 is 1.97 bits per heavy atom. The number of nitrogens with zero attached hydrogens (tertiary/aromatic N) is 2. The second kappa shape index (κ2) is 9.31. The number of fused-ring (bicyclic) bond motifs is 3. The van der Waals surface area contributed by atoms with Crippen LogP contribution in [0, 0.1) is 0 Å². The van der Waals surface area contributed by atoms with Gasteiger partial charge in [0.2, 0.25) is 0 Å². The van der Waals surface area contributed by atoms with Crippen molar-refractivity contribution in [3.63, 3.8) is 0 Å². The molecule has 5 rings (SSSR count). The average Bonchev–Trinajstić information content (AvgIpc) is 3.43. The zero-order valence-electron chi connectivity index (χ0n) is 20.1. The van der Waals surface area contributed by atoms with Gasteiger partial charge >= 0.3 is 0 Å². The van der Waals surface area contributed by atoms with Crippen molar-refractivity contribution >= 4 is 50.1 Å². The third-order valence-corrected chi connectivity index (χ3v) is 7.48. The number of nitrogens with one attached hydrogen (secondary N) is 3. The Labute approximate surface area is 207 Å². The van der Waals surface area contributed by atoms with Gasteiger partial charge in [-0.25, -0.2) is 4.98 Å². The van der Waals surface area contributed by atoms with Gasteiger partial charge in [-0.1, -0.05) is 23.5 Å². The third-order valence-electron chi connectivity index (χ3n) is 6.52. The summed E-state index contributed by atoms with van der Waals surface area (Å²) in [6.45, 7) is 6.11. The topological polar surface area (TPSA) is 116 Å². The van der Waals surface area contributed by atoms with Crippen LogP contribution in [0.1, 0.15) is 47.4 Å². The number of nitrogens with two attached hydrogens (primary N) is 1. The molecule has 5 N–H and O–H groups in total. The molecular weight excluding hydrogens is 460 g/mol. The van der Waals surface area contributed by atoms with Crippen LogP contribution in [0.25, 0.3) is 32.2 Å². The highest BCUT2D eigenvalue weighted by Crippen LogP contribution is 2.39. The van der Waals surface area contributed by atoms with E-state index in [-0.39, 0.29) is 18.0 Å². The molecule has 0 bridgehead atoms. The summed E-state index contributed by atoms with van der Waals surface area (Å²) in [4.78, 5) is 36.3. The van der Waals surface area contributed by atoms with Gasteiger partial charge in [0.1, 0.15) is 0 Å². The Balaban J connectivity index is 1.55. The summed E-state index contributed by atoms with van der Waals surface area (Å²) in [6, 6.07) is 9.77. The predicted molar refractivity (Wildman–Crippen MR) is 142 cm³/mol. The third kappa shape index (κ3) is 4.61. The molecule has 2 aromatic carbocycles. The quantitative estimate of drug-likeness (QED) is 0.323. The summed E-state index contributed by atoms with van der Waals surface area (Å²) in [6.07, 6.45) is 3.74. The number of amides is 2. The van der Waals surface area contributed by atoms with Crippen molar-refractivity contribution in [3.05, 3.63) is 47.7 Å². The molecule has 8 nitrogen and oxygen atoms in total. The minimum absolute atomic E-state index is 0.0812. The minimum atomic E-state index is -0.500. The highest BCUT2D eigenvalue weighted by atomic mass is 32.1. The zero-order valence-corrected chi connectivity index (χ0v) is 21.0. The molecule has 1 aliphatic heterocycles. The normalized spacial score (nSPS) is 15.2. The lowest BCUT2D eigenvalue weighted by molar-refractivity contribution is 0.0916. The van der Waals surface area contributed by atoms with Crippen molar-refractivity contribution in [2.45, 2.75) is 38.8 Å². The molecule has 0 saturated carbocycles. The van der Waals surface area contributed by atoms with Crippen LogP contribution in [-0.2, 0) is 0 Å². The number of benzene rings is 2. The van der Waals surface area contributed by atoms with Gasteiger partial charge < -0.3 is 26.3 Å².